The Kier molecular flexibility index (Phi) is 6.74. The van der Waals surface area contributed by atoms with Gasteiger partial charge in [-0.3, -0.25) is 0 Å². The third-order valence-electron chi connectivity index (χ3n) is 14.0. The van der Waals surface area contributed by atoms with Gasteiger partial charge in [-0.25, -0.2) is 0 Å². The van der Waals surface area contributed by atoms with Gasteiger partial charge in [-0.1, -0.05) is 172 Å². The summed E-state index contributed by atoms with van der Waals surface area (Å²) in [5.41, 5.74) is 22.4. The minimum atomic E-state index is -0.438. The van der Waals surface area contributed by atoms with Gasteiger partial charge in [-0.2, -0.15) is 0 Å². The molecule has 0 saturated carbocycles. The normalized spacial score (nSPS) is 14.4. The molecule has 0 N–H and O–H groups in total. The fourth-order valence-corrected chi connectivity index (χ4v) is 11.5. The van der Waals surface area contributed by atoms with Crippen LogP contribution in [0.2, 0.25) is 0 Å². The number of para-hydroxylation sites is 2. The van der Waals surface area contributed by atoms with Gasteiger partial charge in [0.2, 0.25) is 0 Å². The molecule has 9 aromatic carbocycles. The second-order valence-corrected chi connectivity index (χ2v) is 17.2. The molecular weight excluding hydrogens is 725 g/mol. The van der Waals surface area contributed by atoms with Gasteiger partial charge in [-0.15, -0.1) is 0 Å². The monoisotopic (exact) mass is 764 g/mol. The predicted molar refractivity (Wildman–Crippen MR) is 249 cm³/mol. The van der Waals surface area contributed by atoms with Crippen molar-refractivity contribution in [3.8, 4) is 39.1 Å². The highest BCUT2D eigenvalue weighted by Gasteiger charge is 2.52. The van der Waals surface area contributed by atoms with Crippen LogP contribution in [0.4, 0.5) is 17.1 Å². The predicted octanol–water partition coefficient (Wildman–Crippen LogP) is 14.9. The maximum atomic E-state index is 2.55. The van der Waals surface area contributed by atoms with Crippen molar-refractivity contribution in [2.24, 2.45) is 0 Å². The van der Waals surface area contributed by atoms with E-state index in [9.17, 15) is 0 Å². The van der Waals surface area contributed by atoms with Gasteiger partial charge in [0.05, 0.1) is 22.1 Å². The molecule has 1 aromatic heterocycles. The van der Waals surface area contributed by atoms with E-state index in [0.29, 0.717) is 0 Å². The molecule has 282 valence electrons. The van der Waals surface area contributed by atoms with Crippen LogP contribution in [0.1, 0.15) is 47.2 Å². The number of hydrogen-bond acceptors (Lipinski definition) is 1. The average Bonchev–Trinajstić information content (AvgIpc) is 3.97. The zero-order valence-electron chi connectivity index (χ0n) is 33.5. The Morgan fingerprint density at radius 3 is 1.62 bits per heavy atom. The van der Waals surface area contributed by atoms with Gasteiger partial charge in [0.25, 0.3) is 0 Å². The van der Waals surface area contributed by atoms with Gasteiger partial charge in [0.1, 0.15) is 0 Å². The van der Waals surface area contributed by atoms with Gasteiger partial charge in [0, 0.05) is 38.8 Å². The van der Waals surface area contributed by atoms with E-state index in [4.69, 9.17) is 0 Å². The Morgan fingerprint density at radius 2 is 0.883 bits per heavy atom. The molecule has 0 saturated heterocycles. The molecule has 0 amide bonds. The first-order valence-corrected chi connectivity index (χ1v) is 21.1. The standard InChI is InChI=1S/C58H40N2/c1-57(2)47-24-11-6-19-40(47)43-33-31-38(35-52(43)57)59(39-32-34-45-44-22-10-15-29-53(44)60(55(45)36-39)37-17-4-3-5-18-37)54-30-16-28-51-56(54)46-23-9-14-27-50(46)58(51)48-25-12-7-20-41(48)42-21-8-13-26-49(42)58/h3-36H,1-2H3. The van der Waals surface area contributed by atoms with E-state index >= 15 is 0 Å². The number of anilines is 3. The summed E-state index contributed by atoms with van der Waals surface area (Å²) in [4.78, 5) is 2.55. The molecule has 0 aliphatic heterocycles. The van der Waals surface area contributed by atoms with Crippen molar-refractivity contribution in [2.75, 3.05) is 4.90 Å². The van der Waals surface area contributed by atoms with Crippen LogP contribution in [0.3, 0.4) is 0 Å². The molecule has 0 unspecified atom stereocenters. The molecule has 3 aliphatic rings. The minimum Gasteiger partial charge on any atom is -0.310 e. The van der Waals surface area contributed by atoms with Crippen LogP contribution >= 0.6 is 0 Å². The smallest absolute Gasteiger partial charge is 0.0726 e. The molecule has 0 fully saturated rings. The van der Waals surface area contributed by atoms with Crippen LogP contribution in [-0.2, 0) is 10.8 Å². The first-order chi connectivity index (χ1) is 29.5. The number of aromatic nitrogens is 1. The molecule has 2 heteroatoms. The Hall–Kier alpha value is -7.42. The molecule has 1 spiro atoms. The quantitative estimate of drug-likeness (QED) is 0.173. The van der Waals surface area contributed by atoms with Crippen LogP contribution in [0.25, 0.3) is 60.9 Å². The summed E-state index contributed by atoms with van der Waals surface area (Å²) < 4.78 is 2.43. The molecule has 13 rings (SSSR count). The van der Waals surface area contributed by atoms with Gasteiger partial charge in [-0.05, 0) is 110 Å². The van der Waals surface area contributed by atoms with Crippen LogP contribution in [0, 0.1) is 0 Å². The van der Waals surface area contributed by atoms with E-state index in [1.165, 1.54) is 94.3 Å². The summed E-state index contributed by atoms with van der Waals surface area (Å²) in [5, 5.41) is 2.49. The topological polar surface area (TPSA) is 8.17 Å². The number of rotatable bonds is 4. The number of fused-ring (bicyclic) bond motifs is 16. The molecule has 0 bridgehead atoms. The zero-order chi connectivity index (χ0) is 39.7. The van der Waals surface area contributed by atoms with Gasteiger partial charge < -0.3 is 9.47 Å². The van der Waals surface area contributed by atoms with Crippen molar-refractivity contribution >= 4 is 38.9 Å². The SMILES string of the molecule is CC1(C)c2ccccc2-c2ccc(N(c3ccc4c5ccccc5n(-c5ccccc5)c4c3)c3cccc4c3-c3ccccc3C43c4ccccc4-c4ccccc43)cc21. The van der Waals surface area contributed by atoms with E-state index in [1.54, 1.807) is 0 Å². The third-order valence-corrected chi connectivity index (χ3v) is 14.0. The Morgan fingerprint density at radius 1 is 0.367 bits per heavy atom. The average molecular weight is 765 g/mol. The first kappa shape index (κ1) is 33.5. The van der Waals surface area contributed by atoms with Crippen LogP contribution in [-0.4, -0.2) is 4.57 Å². The summed E-state index contributed by atoms with van der Waals surface area (Å²) in [6, 6.07) is 77.2. The Balaban J connectivity index is 1.13. The second-order valence-electron chi connectivity index (χ2n) is 17.2. The number of hydrogen-bond donors (Lipinski definition) is 0. The molecule has 60 heavy (non-hydrogen) atoms. The van der Waals surface area contributed by atoms with E-state index in [-0.39, 0.29) is 5.41 Å². The highest BCUT2D eigenvalue weighted by Crippen LogP contribution is 2.65. The van der Waals surface area contributed by atoms with E-state index in [2.05, 4.69) is 230 Å². The molecule has 3 aliphatic carbocycles. The van der Waals surface area contributed by atoms with Crippen molar-refractivity contribution in [1.29, 1.82) is 0 Å². The van der Waals surface area contributed by atoms with Crippen molar-refractivity contribution in [3.05, 3.63) is 240 Å². The Labute approximate surface area is 350 Å². The molecule has 0 radical (unpaired) electrons. The van der Waals surface area contributed by atoms with Crippen molar-refractivity contribution in [1.82, 2.24) is 4.57 Å². The maximum Gasteiger partial charge on any atom is 0.0726 e. The highest BCUT2D eigenvalue weighted by molar-refractivity contribution is 6.11. The van der Waals surface area contributed by atoms with E-state index < -0.39 is 5.41 Å². The second kappa shape index (κ2) is 12.1. The van der Waals surface area contributed by atoms with Gasteiger partial charge in [0.15, 0.2) is 0 Å². The summed E-state index contributed by atoms with van der Waals surface area (Å²) in [5.74, 6) is 0. The largest absolute Gasteiger partial charge is 0.310 e. The molecule has 2 nitrogen and oxygen atoms in total. The van der Waals surface area contributed by atoms with Gasteiger partial charge >= 0.3 is 0 Å². The lowest BCUT2D eigenvalue weighted by atomic mass is 9.70. The zero-order valence-corrected chi connectivity index (χ0v) is 33.5. The van der Waals surface area contributed by atoms with Crippen LogP contribution in [0.15, 0.2) is 206 Å². The molecule has 1 heterocycles. The summed E-state index contributed by atoms with van der Waals surface area (Å²) >= 11 is 0. The molecular formula is C58H40N2. The lowest BCUT2D eigenvalue weighted by Crippen LogP contribution is -2.26. The summed E-state index contributed by atoms with van der Waals surface area (Å²) in [6.45, 7) is 4.76. The number of nitrogens with zero attached hydrogens (tertiary/aromatic N) is 2. The van der Waals surface area contributed by atoms with Crippen molar-refractivity contribution in [2.45, 2.75) is 24.7 Å². The number of benzene rings is 9. The summed E-state index contributed by atoms with van der Waals surface area (Å²) in [6.07, 6.45) is 0. The summed E-state index contributed by atoms with van der Waals surface area (Å²) in [7, 11) is 0. The third kappa shape index (κ3) is 4.22. The lowest BCUT2D eigenvalue weighted by Gasteiger charge is -2.32. The minimum absolute atomic E-state index is 0.149. The van der Waals surface area contributed by atoms with Crippen LogP contribution in [0.5, 0.6) is 0 Å². The van der Waals surface area contributed by atoms with E-state index in [0.717, 1.165) is 17.1 Å². The fourth-order valence-electron chi connectivity index (χ4n) is 11.5. The maximum absolute atomic E-state index is 2.55. The molecule has 0 atom stereocenters. The van der Waals surface area contributed by atoms with Crippen molar-refractivity contribution < 1.29 is 0 Å². The Bertz CT molecular complexity index is 3370. The van der Waals surface area contributed by atoms with Crippen LogP contribution < -0.4 is 4.90 Å². The first-order valence-electron chi connectivity index (χ1n) is 21.1. The fraction of sp³-hybridized carbons (Fsp3) is 0.0690. The lowest BCUT2D eigenvalue weighted by molar-refractivity contribution is 0.660. The molecule has 10 aromatic rings. The van der Waals surface area contributed by atoms with E-state index in [1.807, 2.05) is 0 Å². The highest BCUT2D eigenvalue weighted by atomic mass is 15.1. The van der Waals surface area contributed by atoms with Crippen molar-refractivity contribution in [3.63, 3.8) is 0 Å².